The number of halogens is 1. The molecule has 1 N–H and O–H groups in total. The number of hydrogen-bond donors (Lipinski definition) is 1. The Balaban J connectivity index is 2.37. The molecule has 100 valence electrons. The normalized spacial score (nSPS) is 9.85. The highest BCUT2D eigenvalue weighted by atomic mass is 19.1. The van der Waals surface area contributed by atoms with E-state index in [1.165, 1.54) is 18.0 Å². The molecule has 2 aromatic carbocycles. The summed E-state index contributed by atoms with van der Waals surface area (Å²) in [6.07, 6.45) is 0. The van der Waals surface area contributed by atoms with Gasteiger partial charge in [0.05, 0.1) is 17.2 Å². The van der Waals surface area contributed by atoms with E-state index in [-0.39, 0.29) is 11.3 Å². The van der Waals surface area contributed by atoms with Gasteiger partial charge >= 0.3 is 0 Å². The largest absolute Gasteiger partial charge is 0.507 e. The molecule has 0 fully saturated rings. The molecule has 1 amide bonds. The summed E-state index contributed by atoms with van der Waals surface area (Å²) < 4.78 is 13.2. The zero-order valence-corrected chi connectivity index (χ0v) is 10.7. The lowest BCUT2D eigenvalue weighted by Crippen LogP contribution is -2.26. The number of amides is 1. The summed E-state index contributed by atoms with van der Waals surface area (Å²) in [6.45, 7) is 0. The highest BCUT2D eigenvalue weighted by Gasteiger charge is 2.18. The van der Waals surface area contributed by atoms with Crippen molar-refractivity contribution in [3.05, 3.63) is 59.4 Å². The van der Waals surface area contributed by atoms with E-state index in [2.05, 4.69) is 0 Å². The molecule has 0 unspecified atom stereocenters. The molecule has 2 rings (SSSR count). The van der Waals surface area contributed by atoms with Crippen molar-refractivity contribution in [2.24, 2.45) is 0 Å². The van der Waals surface area contributed by atoms with E-state index in [0.29, 0.717) is 11.3 Å². The molecular formula is C15H11FN2O2. The highest BCUT2D eigenvalue weighted by Crippen LogP contribution is 2.23. The van der Waals surface area contributed by atoms with Crippen LogP contribution >= 0.6 is 0 Å². The van der Waals surface area contributed by atoms with Crippen molar-refractivity contribution in [2.45, 2.75) is 0 Å². The molecule has 0 aromatic heterocycles. The Morgan fingerprint density at radius 3 is 2.75 bits per heavy atom. The first-order chi connectivity index (χ1) is 9.52. The molecule has 0 saturated carbocycles. The van der Waals surface area contributed by atoms with Crippen LogP contribution in [-0.2, 0) is 0 Å². The summed E-state index contributed by atoms with van der Waals surface area (Å²) in [4.78, 5) is 13.5. The molecule has 20 heavy (non-hydrogen) atoms. The van der Waals surface area contributed by atoms with Crippen molar-refractivity contribution < 1.29 is 14.3 Å². The van der Waals surface area contributed by atoms with Crippen LogP contribution in [0.15, 0.2) is 42.5 Å². The molecule has 0 heterocycles. The van der Waals surface area contributed by atoms with Gasteiger partial charge in [-0.05, 0) is 36.4 Å². The van der Waals surface area contributed by atoms with Crippen LogP contribution in [0.1, 0.15) is 15.9 Å². The lowest BCUT2D eigenvalue weighted by molar-refractivity contribution is 0.0990. The summed E-state index contributed by atoms with van der Waals surface area (Å²) in [5.74, 6) is -1.46. The summed E-state index contributed by atoms with van der Waals surface area (Å²) >= 11 is 0. The molecule has 0 atom stereocenters. The van der Waals surface area contributed by atoms with Gasteiger partial charge in [0.25, 0.3) is 5.91 Å². The average Bonchev–Trinajstić information content (AvgIpc) is 2.48. The van der Waals surface area contributed by atoms with Crippen LogP contribution in [0.2, 0.25) is 0 Å². The van der Waals surface area contributed by atoms with Gasteiger partial charge in [0.1, 0.15) is 11.6 Å². The first-order valence-electron chi connectivity index (χ1n) is 5.79. The third-order valence-electron chi connectivity index (χ3n) is 2.86. The van der Waals surface area contributed by atoms with E-state index >= 15 is 0 Å². The number of nitriles is 1. The van der Waals surface area contributed by atoms with Gasteiger partial charge in [-0.2, -0.15) is 5.26 Å². The van der Waals surface area contributed by atoms with E-state index in [1.807, 2.05) is 6.07 Å². The average molecular weight is 270 g/mol. The van der Waals surface area contributed by atoms with Gasteiger partial charge < -0.3 is 10.0 Å². The van der Waals surface area contributed by atoms with Crippen LogP contribution in [0.4, 0.5) is 10.1 Å². The minimum Gasteiger partial charge on any atom is -0.507 e. The van der Waals surface area contributed by atoms with Gasteiger partial charge in [0.2, 0.25) is 0 Å². The maximum atomic E-state index is 13.2. The number of phenolic OH excluding ortho intramolecular Hbond substituents is 1. The molecule has 0 aliphatic rings. The fourth-order valence-corrected chi connectivity index (χ4v) is 1.76. The van der Waals surface area contributed by atoms with Crippen molar-refractivity contribution in [3.63, 3.8) is 0 Å². The van der Waals surface area contributed by atoms with Gasteiger partial charge in [-0.25, -0.2) is 4.39 Å². The SMILES string of the molecule is CN(C(=O)c1cc(F)ccc1O)c1cccc(C#N)c1. The summed E-state index contributed by atoms with van der Waals surface area (Å²) in [5.41, 5.74) is 0.762. The van der Waals surface area contributed by atoms with E-state index in [0.717, 1.165) is 18.2 Å². The maximum absolute atomic E-state index is 13.2. The highest BCUT2D eigenvalue weighted by molar-refractivity contribution is 6.07. The lowest BCUT2D eigenvalue weighted by Gasteiger charge is -2.18. The number of phenols is 1. The van der Waals surface area contributed by atoms with Gasteiger partial charge in [0, 0.05) is 12.7 Å². The fraction of sp³-hybridized carbons (Fsp3) is 0.0667. The second-order valence-electron chi connectivity index (χ2n) is 4.19. The van der Waals surface area contributed by atoms with Crippen LogP contribution < -0.4 is 4.90 Å². The van der Waals surface area contributed by atoms with Crippen molar-refractivity contribution >= 4 is 11.6 Å². The Labute approximate surface area is 115 Å². The summed E-state index contributed by atoms with van der Waals surface area (Å²) in [7, 11) is 1.49. The van der Waals surface area contributed by atoms with Gasteiger partial charge in [-0.3, -0.25) is 4.79 Å². The fourth-order valence-electron chi connectivity index (χ4n) is 1.76. The van der Waals surface area contributed by atoms with Crippen molar-refractivity contribution in [2.75, 3.05) is 11.9 Å². The van der Waals surface area contributed by atoms with Crippen molar-refractivity contribution in [3.8, 4) is 11.8 Å². The molecule has 0 aliphatic carbocycles. The van der Waals surface area contributed by atoms with Crippen molar-refractivity contribution in [1.29, 1.82) is 5.26 Å². The van der Waals surface area contributed by atoms with Crippen LogP contribution in [0.25, 0.3) is 0 Å². The molecule has 5 heteroatoms. The van der Waals surface area contributed by atoms with E-state index < -0.39 is 11.7 Å². The standard InChI is InChI=1S/C15H11FN2O2/c1-18(12-4-2-3-10(7-12)9-17)15(20)13-8-11(16)5-6-14(13)19/h2-8,19H,1H3. The van der Waals surface area contributed by atoms with Gasteiger partial charge in [-0.15, -0.1) is 0 Å². The van der Waals surface area contributed by atoms with E-state index in [4.69, 9.17) is 5.26 Å². The van der Waals surface area contributed by atoms with E-state index in [9.17, 15) is 14.3 Å². The number of aromatic hydroxyl groups is 1. The summed E-state index contributed by atoms with van der Waals surface area (Å²) in [6, 6.07) is 11.6. The second kappa shape index (κ2) is 5.41. The Hall–Kier alpha value is -2.87. The number of nitrogens with zero attached hydrogens (tertiary/aromatic N) is 2. The molecule has 0 bridgehead atoms. The van der Waals surface area contributed by atoms with Crippen LogP contribution in [-0.4, -0.2) is 18.1 Å². The molecule has 0 radical (unpaired) electrons. The smallest absolute Gasteiger partial charge is 0.261 e. The number of rotatable bonds is 2. The number of anilines is 1. The topological polar surface area (TPSA) is 64.3 Å². The van der Waals surface area contributed by atoms with Crippen LogP contribution in [0.5, 0.6) is 5.75 Å². The minimum atomic E-state index is -0.606. The molecule has 2 aromatic rings. The summed E-state index contributed by atoms with van der Waals surface area (Å²) in [5, 5.41) is 18.5. The van der Waals surface area contributed by atoms with Crippen molar-refractivity contribution in [1.82, 2.24) is 0 Å². The van der Waals surface area contributed by atoms with Crippen LogP contribution in [0.3, 0.4) is 0 Å². The molecule has 0 spiro atoms. The number of carbonyl (C=O) groups is 1. The zero-order chi connectivity index (χ0) is 14.7. The first kappa shape index (κ1) is 13.6. The van der Waals surface area contributed by atoms with Gasteiger partial charge in [0.15, 0.2) is 0 Å². The monoisotopic (exact) mass is 270 g/mol. The molecule has 4 nitrogen and oxygen atoms in total. The molecule has 0 aliphatic heterocycles. The Kier molecular flexibility index (Phi) is 3.67. The Morgan fingerprint density at radius 1 is 1.30 bits per heavy atom. The second-order valence-corrected chi connectivity index (χ2v) is 4.19. The zero-order valence-electron chi connectivity index (χ0n) is 10.7. The number of hydrogen-bond acceptors (Lipinski definition) is 3. The van der Waals surface area contributed by atoms with Gasteiger partial charge in [-0.1, -0.05) is 6.07 Å². The number of carbonyl (C=O) groups excluding carboxylic acids is 1. The maximum Gasteiger partial charge on any atom is 0.261 e. The van der Waals surface area contributed by atoms with Crippen LogP contribution in [0, 0.1) is 17.1 Å². The predicted molar refractivity (Wildman–Crippen MR) is 72.0 cm³/mol. The third-order valence-corrected chi connectivity index (χ3v) is 2.86. The quantitative estimate of drug-likeness (QED) is 0.912. The Bertz CT molecular complexity index is 707. The predicted octanol–water partition coefficient (Wildman–Crippen LogP) is 2.68. The first-order valence-corrected chi connectivity index (χ1v) is 5.79. The lowest BCUT2D eigenvalue weighted by atomic mass is 10.1. The molecule has 0 saturated heterocycles. The third kappa shape index (κ3) is 2.59. The molecular weight excluding hydrogens is 259 g/mol. The minimum absolute atomic E-state index is 0.130. The van der Waals surface area contributed by atoms with E-state index in [1.54, 1.807) is 18.2 Å². The number of benzene rings is 2. The Morgan fingerprint density at radius 2 is 2.05 bits per heavy atom.